The maximum absolute atomic E-state index is 12.7. The van der Waals surface area contributed by atoms with E-state index in [1.165, 1.54) is 25.5 Å². The summed E-state index contributed by atoms with van der Waals surface area (Å²) in [6, 6.07) is 5.95. The molecule has 12 nitrogen and oxygen atoms in total. The zero-order chi connectivity index (χ0) is 26.5. The van der Waals surface area contributed by atoms with E-state index in [0.717, 1.165) is 18.5 Å². The van der Waals surface area contributed by atoms with Gasteiger partial charge in [-0.15, -0.1) is 0 Å². The third-order valence-electron chi connectivity index (χ3n) is 6.40. The van der Waals surface area contributed by atoms with E-state index in [-0.39, 0.29) is 18.0 Å². The second-order valence-corrected chi connectivity index (χ2v) is 9.06. The molecule has 38 heavy (non-hydrogen) atoms. The molecule has 0 spiro atoms. The van der Waals surface area contributed by atoms with Crippen LogP contribution in [-0.4, -0.2) is 54.2 Å². The van der Waals surface area contributed by atoms with Crippen LogP contribution in [0.1, 0.15) is 55.4 Å². The number of hydrogen-bond donors (Lipinski definition) is 2. The molecule has 198 valence electrons. The number of rotatable bonds is 9. The highest BCUT2D eigenvalue weighted by Crippen LogP contribution is 2.37. The molecular weight excluding hydrogens is 486 g/mol. The van der Waals surface area contributed by atoms with E-state index < -0.39 is 5.97 Å². The van der Waals surface area contributed by atoms with Crippen LogP contribution >= 0.6 is 0 Å². The van der Waals surface area contributed by atoms with E-state index in [1.807, 2.05) is 29.1 Å². The lowest BCUT2D eigenvalue weighted by Crippen LogP contribution is -2.13. The maximum atomic E-state index is 12.7. The molecule has 0 amide bonds. The van der Waals surface area contributed by atoms with Crippen molar-refractivity contribution in [3.05, 3.63) is 48.7 Å². The lowest BCUT2D eigenvalue weighted by Gasteiger charge is -2.21. The van der Waals surface area contributed by atoms with Crippen molar-refractivity contribution in [1.82, 2.24) is 34.5 Å². The Morgan fingerprint density at radius 2 is 1.97 bits per heavy atom. The topological polar surface area (TPSA) is 134 Å². The van der Waals surface area contributed by atoms with Crippen LogP contribution in [0.5, 0.6) is 5.75 Å². The van der Waals surface area contributed by atoms with Crippen molar-refractivity contribution in [3.8, 4) is 17.1 Å². The average Bonchev–Trinajstić information content (AvgIpc) is 3.58. The summed E-state index contributed by atoms with van der Waals surface area (Å²) in [7, 11) is 3.36. The fourth-order valence-electron chi connectivity index (χ4n) is 4.59. The Kier molecular flexibility index (Phi) is 7.47. The largest absolute Gasteiger partial charge is 0.494 e. The van der Waals surface area contributed by atoms with Gasteiger partial charge in [0.15, 0.2) is 17.4 Å². The summed E-state index contributed by atoms with van der Waals surface area (Å²) >= 11 is 0. The Hall–Kier alpha value is -4.48. The molecule has 1 aliphatic carbocycles. The molecule has 0 bridgehead atoms. The first-order chi connectivity index (χ1) is 18.6. The predicted octanol–water partition coefficient (Wildman–Crippen LogP) is 4.65. The summed E-state index contributed by atoms with van der Waals surface area (Å²) in [5.74, 6) is 1.07. The number of nitrogens with zero attached hydrogens (tertiary/aromatic N) is 7. The quantitative estimate of drug-likeness (QED) is 0.302. The summed E-state index contributed by atoms with van der Waals surface area (Å²) in [6.45, 7) is 1.97. The van der Waals surface area contributed by atoms with E-state index in [1.54, 1.807) is 38.3 Å². The highest BCUT2D eigenvalue weighted by molar-refractivity contribution is 5.96. The van der Waals surface area contributed by atoms with Gasteiger partial charge in [-0.1, -0.05) is 25.3 Å². The number of carbonyl (C=O) groups is 1. The predicted molar refractivity (Wildman–Crippen MR) is 142 cm³/mol. The Morgan fingerprint density at radius 1 is 1.13 bits per heavy atom. The van der Waals surface area contributed by atoms with Gasteiger partial charge in [0, 0.05) is 19.4 Å². The van der Waals surface area contributed by atoms with Crippen molar-refractivity contribution in [2.24, 2.45) is 7.05 Å². The summed E-state index contributed by atoms with van der Waals surface area (Å²) in [5.41, 5.74) is 2.24. The van der Waals surface area contributed by atoms with E-state index in [0.29, 0.717) is 34.8 Å². The molecule has 1 fully saturated rings. The third kappa shape index (κ3) is 5.43. The molecule has 0 aliphatic heterocycles. The molecule has 0 atom stereocenters. The van der Waals surface area contributed by atoms with Gasteiger partial charge >= 0.3 is 5.97 Å². The van der Waals surface area contributed by atoms with E-state index in [9.17, 15) is 4.79 Å². The zero-order valence-corrected chi connectivity index (χ0v) is 21.7. The number of aryl methyl sites for hydroxylation is 1. The number of ether oxygens (including phenoxy) is 2. The van der Waals surface area contributed by atoms with Crippen molar-refractivity contribution in [1.29, 1.82) is 0 Å². The molecule has 1 aliphatic rings. The van der Waals surface area contributed by atoms with E-state index in [2.05, 4.69) is 35.8 Å². The minimum absolute atomic E-state index is 0.193. The molecule has 1 aromatic carbocycles. The van der Waals surface area contributed by atoms with Gasteiger partial charge in [0.1, 0.15) is 11.9 Å². The Balaban J connectivity index is 1.45. The first kappa shape index (κ1) is 25.2. The van der Waals surface area contributed by atoms with E-state index in [4.69, 9.17) is 9.47 Å². The smallest absolute Gasteiger partial charge is 0.343 e. The fraction of sp³-hybridized carbons (Fsp3) is 0.385. The lowest BCUT2D eigenvalue weighted by molar-refractivity contribution is 0.0526. The van der Waals surface area contributed by atoms with Crippen LogP contribution in [0.15, 0.2) is 43.1 Å². The Labute approximate surface area is 220 Å². The zero-order valence-electron chi connectivity index (χ0n) is 21.7. The molecule has 4 aromatic rings. The van der Waals surface area contributed by atoms with Gasteiger partial charge in [0.05, 0.1) is 42.9 Å². The number of benzene rings is 1. The van der Waals surface area contributed by atoms with Crippen LogP contribution in [0.2, 0.25) is 0 Å². The molecule has 0 radical (unpaired) electrons. The van der Waals surface area contributed by atoms with Crippen LogP contribution in [0, 0.1) is 0 Å². The third-order valence-corrected chi connectivity index (χ3v) is 6.40. The molecule has 3 heterocycles. The average molecular weight is 518 g/mol. The van der Waals surface area contributed by atoms with E-state index >= 15 is 0 Å². The first-order valence-corrected chi connectivity index (χ1v) is 12.7. The van der Waals surface area contributed by atoms with Gasteiger partial charge in [0.25, 0.3) is 0 Å². The van der Waals surface area contributed by atoms with Crippen LogP contribution in [0.3, 0.4) is 0 Å². The number of carbonyl (C=O) groups excluding carboxylic acids is 1. The van der Waals surface area contributed by atoms with Crippen molar-refractivity contribution in [2.75, 3.05) is 24.4 Å². The molecule has 12 heteroatoms. The Bertz CT molecular complexity index is 1410. The molecule has 5 rings (SSSR count). The highest BCUT2D eigenvalue weighted by atomic mass is 16.5. The number of nitrogens with one attached hydrogen (secondary N) is 2. The number of esters is 1. The first-order valence-electron chi connectivity index (χ1n) is 12.7. The van der Waals surface area contributed by atoms with Crippen LogP contribution in [0.25, 0.3) is 11.4 Å². The molecular formula is C26H31N9O3. The molecule has 2 N–H and O–H groups in total. The van der Waals surface area contributed by atoms with Gasteiger partial charge in [-0.25, -0.2) is 14.8 Å². The van der Waals surface area contributed by atoms with Crippen molar-refractivity contribution in [2.45, 2.75) is 45.1 Å². The van der Waals surface area contributed by atoms with Crippen LogP contribution < -0.4 is 15.4 Å². The highest BCUT2D eigenvalue weighted by Gasteiger charge is 2.21. The standard InChI is InChI=1S/C26H31N9O3/c1-4-38-25(36)20-14-27-26(30-17-13-29-35(15-17)18-9-6-5-7-10-18)32-24(20)31-21-12-8-11-19(22(21)37-3)23-28-16-34(2)33-23/h8,11-16,18H,4-7,9-10H2,1-3H3,(H2,27,30,31,32). The normalized spacial score (nSPS) is 13.8. The summed E-state index contributed by atoms with van der Waals surface area (Å²) < 4.78 is 14.6. The van der Waals surface area contributed by atoms with Gasteiger partial charge in [-0.2, -0.15) is 15.2 Å². The fourth-order valence-corrected chi connectivity index (χ4v) is 4.59. The number of hydrogen-bond acceptors (Lipinski definition) is 10. The van der Waals surface area contributed by atoms with Crippen molar-refractivity contribution >= 4 is 29.1 Å². The molecule has 3 aromatic heterocycles. The van der Waals surface area contributed by atoms with Crippen LogP contribution in [0.4, 0.5) is 23.1 Å². The number of methoxy groups -OCH3 is 1. The number of para-hydroxylation sites is 1. The second kappa shape index (κ2) is 11.3. The minimum atomic E-state index is -0.534. The minimum Gasteiger partial charge on any atom is -0.494 e. The van der Waals surface area contributed by atoms with Gasteiger partial charge in [-0.05, 0) is 31.9 Å². The van der Waals surface area contributed by atoms with Gasteiger partial charge < -0.3 is 20.1 Å². The van der Waals surface area contributed by atoms with Crippen LogP contribution in [-0.2, 0) is 11.8 Å². The lowest BCUT2D eigenvalue weighted by atomic mass is 9.96. The second-order valence-electron chi connectivity index (χ2n) is 9.06. The Morgan fingerprint density at radius 3 is 2.71 bits per heavy atom. The van der Waals surface area contributed by atoms with Gasteiger partial charge in [-0.3, -0.25) is 9.36 Å². The maximum Gasteiger partial charge on any atom is 0.343 e. The number of aromatic nitrogens is 7. The SMILES string of the molecule is CCOC(=O)c1cnc(Nc2cnn(C3CCCCC3)c2)nc1Nc1cccc(-c2ncn(C)n2)c1OC. The van der Waals surface area contributed by atoms with Gasteiger partial charge in [0.2, 0.25) is 5.95 Å². The van der Waals surface area contributed by atoms with Crippen molar-refractivity contribution < 1.29 is 14.3 Å². The summed E-state index contributed by atoms with van der Waals surface area (Å²) in [4.78, 5) is 26.0. The summed E-state index contributed by atoms with van der Waals surface area (Å²) in [5, 5.41) is 15.4. The molecule has 0 saturated heterocycles. The monoisotopic (exact) mass is 517 g/mol. The molecule has 0 unspecified atom stereocenters. The van der Waals surface area contributed by atoms with Crippen molar-refractivity contribution in [3.63, 3.8) is 0 Å². The number of anilines is 4. The summed E-state index contributed by atoms with van der Waals surface area (Å²) in [6.07, 6.45) is 12.8. The molecule has 1 saturated carbocycles.